The van der Waals surface area contributed by atoms with Gasteiger partial charge in [-0.3, -0.25) is 9.59 Å². The summed E-state index contributed by atoms with van der Waals surface area (Å²) < 4.78 is 5.97. The van der Waals surface area contributed by atoms with Crippen molar-refractivity contribution in [2.24, 2.45) is 0 Å². The van der Waals surface area contributed by atoms with Gasteiger partial charge in [-0.05, 0) is 48.2 Å². The van der Waals surface area contributed by atoms with Gasteiger partial charge in [0.2, 0.25) is 0 Å². The van der Waals surface area contributed by atoms with Crippen LogP contribution in [0.2, 0.25) is 0 Å². The number of unbranched alkanes of at least 4 members (excludes halogenated alkanes) is 7. The van der Waals surface area contributed by atoms with Crippen LogP contribution in [0.3, 0.4) is 0 Å². The molecule has 0 fully saturated rings. The first-order chi connectivity index (χ1) is 16.0. The highest BCUT2D eigenvalue weighted by Gasteiger charge is 2.14. The summed E-state index contributed by atoms with van der Waals surface area (Å²) in [4.78, 5) is 24.1. The molecule has 2 rings (SSSR count). The Bertz CT molecular complexity index is 945. The molecule has 0 heterocycles. The Morgan fingerprint density at radius 1 is 0.939 bits per heavy atom. The Balaban J connectivity index is 2.00. The first-order valence-corrected chi connectivity index (χ1v) is 12.0. The van der Waals surface area contributed by atoms with Crippen molar-refractivity contribution in [1.29, 1.82) is 5.26 Å². The molecule has 0 radical (unpaired) electrons. The zero-order valence-corrected chi connectivity index (χ0v) is 19.6. The molecule has 0 spiro atoms. The Morgan fingerprint density at radius 3 is 2.33 bits per heavy atom. The van der Waals surface area contributed by atoms with Gasteiger partial charge in [-0.15, -0.1) is 0 Å². The number of ketones is 1. The largest absolute Gasteiger partial charge is 0.493 e. The topological polar surface area (TPSA) is 87.4 Å². The summed E-state index contributed by atoms with van der Waals surface area (Å²) >= 11 is 0. The Morgan fingerprint density at radius 2 is 1.64 bits per heavy atom. The predicted octanol–water partition coefficient (Wildman–Crippen LogP) is 6.52. The molecule has 0 bridgehead atoms. The molecular weight excluding hydrogens is 414 g/mol. The molecule has 2 aromatic rings. The van der Waals surface area contributed by atoms with Crippen LogP contribution >= 0.6 is 0 Å². The van der Waals surface area contributed by atoms with Gasteiger partial charge in [-0.2, -0.15) is 5.26 Å². The minimum absolute atomic E-state index is 0.0244. The number of hydrogen-bond donors (Lipinski definition) is 1. The molecule has 5 nitrogen and oxygen atoms in total. The van der Waals surface area contributed by atoms with E-state index in [9.17, 15) is 9.59 Å². The molecule has 33 heavy (non-hydrogen) atoms. The van der Waals surface area contributed by atoms with Gasteiger partial charge in [0.05, 0.1) is 19.1 Å². The molecule has 1 N–H and O–H groups in total. The number of aryl methyl sites for hydroxylation is 1. The van der Waals surface area contributed by atoms with Crippen LogP contribution in [0.4, 0.5) is 0 Å². The summed E-state index contributed by atoms with van der Waals surface area (Å²) in [5.74, 6) is -0.389. The summed E-state index contributed by atoms with van der Waals surface area (Å²) in [6.45, 7) is 2.80. The molecule has 0 amide bonds. The first kappa shape index (κ1) is 26.1. The molecule has 5 heteroatoms. The van der Waals surface area contributed by atoms with Crippen molar-refractivity contribution in [3.05, 3.63) is 64.7 Å². The van der Waals surface area contributed by atoms with Crippen LogP contribution in [0, 0.1) is 11.3 Å². The number of benzene rings is 2. The minimum Gasteiger partial charge on any atom is -0.493 e. The maximum absolute atomic E-state index is 13.0. The van der Waals surface area contributed by atoms with E-state index in [1.165, 1.54) is 38.5 Å². The molecule has 0 atom stereocenters. The minimum atomic E-state index is -0.884. The van der Waals surface area contributed by atoms with Crippen molar-refractivity contribution in [1.82, 2.24) is 0 Å². The van der Waals surface area contributed by atoms with E-state index in [4.69, 9.17) is 15.1 Å². The van der Waals surface area contributed by atoms with Gasteiger partial charge >= 0.3 is 5.97 Å². The predicted molar refractivity (Wildman–Crippen MR) is 130 cm³/mol. The van der Waals surface area contributed by atoms with Crippen molar-refractivity contribution >= 4 is 11.8 Å². The molecule has 0 aliphatic carbocycles. The standard InChI is InChI=1S/C28H35NO4/c1-2-3-4-5-6-7-8-9-19-33-26-15-13-25(21-23(26)14-16-27(30)31)28(32)24-12-10-11-22(20-24)17-18-29/h10-13,15,20-21H,2-9,14,16-17,19H2,1H3,(H,30,31). The molecule has 0 aromatic heterocycles. The number of hydrogen-bond acceptors (Lipinski definition) is 4. The zero-order chi connectivity index (χ0) is 23.9. The van der Waals surface area contributed by atoms with E-state index in [0.717, 1.165) is 24.0 Å². The lowest BCUT2D eigenvalue weighted by Gasteiger charge is -2.13. The first-order valence-electron chi connectivity index (χ1n) is 12.0. The Kier molecular flexibility index (Phi) is 11.7. The highest BCUT2D eigenvalue weighted by molar-refractivity contribution is 6.09. The van der Waals surface area contributed by atoms with Gasteiger partial charge in [0.15, 0.2) is 5.78 Å². The smallest absolute Gasteiger partial charge is 0.303 e. The van der Waals surface area contributed by atoms with Crippen LogP contribution in [0.25, 0.3) is 0 Å². The highest BCUT2D eigenvalue weighted by Crippen LogP contribution is 2.24. The average Bonchev–Trinajstić information content (AvgIpc) is 2.82. The quantitative estimate of drug-likeness (QED) is 0.233. The lowest BCUT2D eigenvalue weighted by Crippen LogP contribution is -2.07. The maximum Gasteiger partial charge on any atom is 0.303 e. The van der Waals surface area contributed by atoms with Crippen molar-refractivity contribution in [3.63, 3.8) is 0 Å². The number of nitriles is 1. The van der Waals surface area contributed by atoms with E-state index >= 15 is 0 Å². The molecule has 0 saturated heterocycles. The lowest BCUT2D eigenvalue weighted by molar-refractivity contribution is -0.136. The van der Waals surface area contributed by atoms with E-state index in [1.54, 1.807) is 36.4 Å². The van der Waals surface area contributed by atoms with Crippen molar-refractivity contribution < 1.29 is 19.4 Å². The van der Waals surface area contributed by atoms with E-state index < -0.39 is 5.97 Å². The van der Waals surface area contributed by atoms with Crippen molar-refractivity contribution in [3.8, 4) is 11.8 Å². The van der Waals surface area contributed by atoms with Gasteiger partial charge in [0.1, 0.15) is 5.75 Å². The van der Waals surface area contributed by atoms with Gasteiger partial charge in [-0.25, -0.2) is 0 Å². The number of rotatable bonds is 16. The van der Waals surface area contributed by atoms with E-state index in [0.29, 0.717) is 29.9 Å². The highest BCUT2D eigenvalue weighted by atomic mass is 16.5. The molecule has 0 unspecified atom stereocenters. The van der Waals surface area contributed by atoms with Crippen LogP contribution in [-0.2, 0) is 17.6 Å². The molecule has 176 valence electrons. The van der Waals surface area contributed by atoms with Crippen LogP contribution in [0.15, 0.2) is 42.5 Å². The van der Waals surface area contributed by atoms with Crippen molar-refractivity contribution in [2.75, 3.05) is 6.61 Å². The van der Waals surface area contributed by atoms with Crippen molar-refractivity contribution in [2.45, 2.75) is 77.6 Å². The molecule has 2 aromatic carbocycles. The number of carboxylic acids is 1. The fraction of sp³-hybridized carbons (Fsp3) is 0.464. The van der Waals surface area contributed by atoms with Crippen LogP contribution in [0.1, 0.15) is 91.8 Å². The van der Waals surface area contributed by atoms with Gasteiger partial charge < -0.3 is 9.84 Å². The van der Waals surface area contributed by atoms with Crippen LogP contribution < -0.4 is 4.74 Å². The summed E-state index contributed by atoms with van der Waals surface area (Å²) in [5, 5.41) is 18.0. The summed E-state index contributed by atoms with van der Waals surface area (Å²) in [6.07, 6.45) is 10.2. The fourth-order valence-electron chi connectivity index (χ4n) is 3.80. The number of carbonyl (C=O) groups is 2. The molecule has 0 aliphatic heterocycles. The van der Waals surface area contributed by atoms with E-state index in [2.05, 4.69) is 13.0 Å². The Labute approximate surface area is 197 Å². The average molecular weight is 450 g/mol. The Hall–Kier alpha value is -3.13. The number of carboxylic acid groups (broad SMARTS) is 1. The second kappa shape index (κ2) is 14.8. The normalized spacial score (nSPS) is 10.5. The second-order valence-electron chi connectivity index (χ2n) is 8.40. The molecule has 0 aliphatic rings. The summed E-state index contributed by atoms with van der Waals surface area (Å²) in [6, 6.07) is 14.4. The zero-order valence-electron chi connectivity index (χ0n) is 19.6. The summed E-state index contributed by atoms with van der Waals surface area (Å²) in [5.41, 5.74) is 2.53. The molecule has 0 saturated carbocycles. The maximum atomic E-state index is 13.0. The molecular formula is C28H35NO4. The van der Waals surface area contributed by atoms with Gasteiger partial charge in [0, 0.05) is 17.5 Å². The third-order valence-corrected chi connectivity index (χ3v) is 5.66. The van der Waals surface area contributed by atoms with E-state index in [1.807, 2.05) is 6.07 Å². The number of nitrogens with zero attached hydrogens (tertiary/aromatic N) is 1. The second-order valence-corrected chi connectivity index (χ2v) is 8.40. The number of ether oxygens (including phenoxy) is 1. The third kappa shape index (κ3) is 9.49. The summed E-state index contributed by atoms with van der Waals surface area (Å²) in [7, 11) is 0. The van der Waals surface area contributed by atoms with Gasteiger partial charge in [-0.1, -0.05) is 70.1 Å². The van der Waals surface area contributed by atoms with E-state index in [-0.39, 0.29) is 18.6 Å². The number of aliphatic carboxylic acids is 1. The monoisotopic (exact) mass is 449 g/mol. The van der Waals surface area contributed by atoms with Crippen LogP contribution in [-0.4, -0.2) is 23.5 Å². The third-order valence-electron chi connectivity index (χ3n) is 5.66. The SMILES string of the molecule is CCCCCCCCCCOc1ccc(C(=O)c2cccc(CC#N)c2)cc1CCC(=O)O. The lowest BCUT2D eigenvalue weighted by atomic mass is 9.97. The fourth-order valence-corrected chi connectivity index (χ4v) is 3.80. The number of carbonyl (C=O) groups excluding carboxylic acids is 1. The van der Waals surface area contributed by atoms with Gasteiger partial charge in [0.25, 0.3) is 0 Å². The van der Waals surface area contributed by atoms with Crippen LogP contribution in [0.5, 0.6) is 5.75 Å².